The van der Waals surface area contributed by atoms with Crippen LogP contribution in [-0.2, 0) is 6.61 Å². The van der Waals surface area contributed by atoms with Crippen molar-refractivity contribution in [3.63, 3.8) is 0 Å². The van der Waals surface area contributed by atoms with Gasteiger partial charge in [-0.2, -0.15) is 8.78 Å². The molecule has 23 heavy (non-hydrogen) atoms. The molecule has 0 aliphatic heterocycles. The van der Waals surface area contributed by atoms with E-state index in [4.69, 9.17) is 4.74 Å². The van der Waals surface area contributed by atoms with Crippen molar-refractivity contribution in [3.8, 4) is 5.75 Å². The van der Waals surface area contributed by atoms with Crippen LogP contribution >= 0.6 is 0 Å². The maximum Gasteiger partial charge on any atom is 0.203 e. The average molecular weight is 325 g/mol. The van der Waals surface area contributed by atoms with Gasteiger partial charge >= 0.3 is 0 Å². The number of hydrogen-bond donors (Lipinski definition) is 0. The number of rotatable bonds is 3. The predicted molar refractivity (Wildman–Crippen MR) is 72.3 cm³/mol. The standard InChI is InChI=1S/C16H8F5NO/c17-10-4-8-2-1-3-22-15(8)9(5-10)7-23-16-13(20)11(18)6-12(19)14(16)21/h1-6H,7H2. The first-order chi connectivity index (χ1) is 11.0. The minimum atomic E-state index is -1.66. The van der Waals surface area contributed by atoms with Crippen LogP contribution in [0.15, 0.2) is 36.5 Å². The Hall–Kier alpha value is -2.70. The van der Waals surface area contributed by atoms with Crippen molar-refractivity contribution in [1.29, 1.82) is 0 Å². The lowest BCUT2D eigenvalue weighted by Crippen LogP contribution is -2.05. The van der Waals surface area contributed by atoms with Crippen LogP contribution in [0.25, 0.3) is 10.9 Å². The number of pyridine rings is 1. The highest BCUT2D eigenvalue weighted by atomic mass is 19.2. The molecule has 0 spiro atoms. The van der Waals surface area contributed by atoms with Crippen molar-refractivity contribution in [1.82, 2.24) is 4.98 Å². The van der Waals surface area contributed by atoms with Crippen molar-refractivity contribution < 1.29 is 26.7 Å². The van der Waals surface area contributed by atoms with Crippen LogP contribution in [0.5, 0.6) is 5.75 Å². The van der Waals surface area contributed by atoms with Crippen molar-refractivity contribution in [2.75, 3.05) is 0 Å². The highest BCUT2D eigenvalue weighted by Crippen LogP contribution is 2.28. The highest BCUT2D eigenvalue weighted by molar-refractivity contribution is 5.81. The van der Waals surface area contributed by atoms with E-state index in [1.165, 1.54) is 12.3 Å². The van der Waals surface area contributed by atoms with E-state index in [-0.39, 0.29) is 11.6 Å². The van der Waals surface area contributed by atoms with Crippen LogP contribution in [0, 0.1) is 29.1 Å². The van der Waals surface area contributed by atoms with Crippen LogP contribution in [0.1, 0.15) is 5.56 Å². The molecule has 1 heterocycles. The second kappa shape index (κ2) is 5.83. The molecule has 2 nitrogen and oxygen atoms in total. The first-order valence-electron chi connectivity index (χ1n) is 6.46. The quantitative estimate of drug-likeness (QED) is 0.522. The first-order valence-corrected chi connectivity index (χ1v) is 6.46. The summed E-state index contributed by atoms with van der Waals surface area (Å²) in [7, 11) is 0. The molecule has 0 bridgehead atoms. The van der Waals surface area contributed by atoms with E-state index in [2.05, 4.69) is 4.98 Å². The third-order valence-corrected chi connectivity index (χ3v) is 3.19. The molecule has 0 amide bonds. The smallest absolute Gasteiger partial charge is 0.203 e. The van der Waals surface area contributed by atoms with E-state index in [9.17, 15) is 22.0 Å². The topological polar surface area (TPSA) is 22.1 Å². The maximum absolute atomic E-state index is 13.6. The Labute approximate surface area is 127 Å². The molecule has 3 rings (SSSR count). The lowest BCUT2D eigenvalue weighted by molar-refractivity contribution is 0.262. The molecule has 0 N–H and O–H groups in total. The monoisotopic (exact) mass is 325 g/mol. The maximum atomic E-state index is 13.6. The SMILES string of the molecule is Fc1cc(COc2c(F)c(F)cc(F)c2F)c2ncccc2c1. The Bertz CT molecular complexity index is 871. The number of fused-ring (bicyclic) bond motifs is 1. The van der Waals surface area contributed by atoms with Crippen LogP contribution in [0.3, 0.4) is 0 Å². The second-order valence-corrected chi connectivity index (χ2v) is 4.73. The molecule has 7 heteroatoms. The molecule has 0 aliphatic carbocycles. The number of aromatic nitrogens is 1. The predicted octanol–water partition coefficient (Wildman–Crippen LogP) is 4.51. The summed E-state index contributed by atoms with van der Waals surface area (Å²) >= 11 is 0. The van der Waals surface area contributed by atoms with Gasteiger partial charge in [-0.1, -0.05) is 6.07 Å². The third kappa shape index (κ3) is 2.81. The molecule has 0 saturated carbocycles. The zero-order valence-electron chi connectivity index (χ0n) is 11.4. The molecule has 0 atom stereocenters. The van der Waals surface area contributed by atoms with Crippen LogP contribution in [-0.4, -0.2) is 4.98 Å². The summed E-state index contributed by atoms with van der Waals surface area (Å²) in [5.74, 6) is -8.27. The Morgan fingerprint density at radius 2 is 1.61 bits per heavy atom. The Morgan fingerprint density at radius 3 is 2.30 bits per heavy atom. The van der Waals surface area contributed by atoms with Gasteiger partial charge in [-0.25, -0.2) is 13.2 Å². The second-order valence-electron chi connectivity index (χ2n) is 4.73. The highest BCUT2D eigenvalue weighted by Gasteiger charge is 2.21. The number of nitrogens with zero attached hydrogens (tertiary/aromatic N) is 1. The number of halogens is 5. The van der Waals surface area contributed by atoms with Gasteiger partial charge in [0.15, 0.2) is 17.4 Å². The average Bonchev–Trinajstić information content (AvgIpc) is 2.52. The summed E-state index contributed by atoms with van der Waals surface area (Å²) in [5.41, 5.74) is 0.538. The minimum absolute atomic E-state index is 0.0800. The lowest BCUT2D eigenvalue weighted by atomic mass is 10.1. The zero-order chi connectivity index (χ0) is 16.6. The molecule has 118 valence electrons. The summed E-state index contributed by atoms with van der Waals surface area (Å²) in [6, 6.07) is 5.57. The molecule has 0 radical (unpaired) electrons. The Balaban J connectivity index is 1.99. The van der Waals surface area contributed by atoms with Gasteiger partial charge in [0.1, 0.15) is 12.4 Å². The Morgan fingerprint density at radius 1 is 0.913 bits per heavy atom. The van der Waals surface area contributed by atoms with Crippen LogP contribution < -0.4 is 4.74 Å². The summed E-state index contributed by atoms with van der Waals surface area (Å²) in [4.78, 5) is 4.03. The van der Waals surface area contributed by atoms with Gasteiger partial charge in [0.05, 0.1) is 5.52 Å². The van der Waals surface area contributed by atoms with Gasteiger partial charge in [0.25, 0.3) is 0 Å². The largest absolute Gasteiger partial charge is 0.483 e. The number of hydrogen-bond acceptors (Lipinski definition) is 2. The summed E-state index contributed by atoms with van der Waals surface area (Å²) in [6.07, 6.45) is 1.45. The normalized spacial score (nSPS) is 11.0. The van der Waals surface area contributed by atoms with E-state index in [0.29, 0.717) is 10.9 Å². The van der Waals surface area contributed by atoms with Crippen molar-refractivity contribution in [2.24, 2.45) is 0 Å². The first kappa shape index (κ1) is 15.2. The molecular weight excluding hydrogens is 317 g/mol. The molecule has 1 aromatic heterocycles. The van der Waals surface area contributed by atoms with Gasteiger partial charge in [-0.05, 0) is 18.2 Å². The van der Waals surface area contributed by atoms with Gasteiger partial charge < -0.3 is 4.74 Å². The molecule has 3 aromatic rings. The molecule has 0 saturated heterocycles. The molecule has 2 aromatic carbocycles. The fourth-order valence-corrected chi connectivity index (χ4v) is 2.17. The summed E-state index contributed by atoms with van der Waals surface area (Å²) in [5, 5.41) is 0.456. The molecule has 0 unspecified atom stereocenters. The number of benzene rings is 2. The van der Waals surface area contributed by atoms with Crippen molar-refractivity contribution in [3.05, 3.63) is 71.2 Å². The van der Waals surface area contributed by atoms with E-state index >= 15 is 0 Å². The fourth-order valence-electron chi connectivity index (χ4n) is 2.17. The zero-order valence-corrected chi connectivity index (χ0v) is 11.4. The Kier molecular flexibility index (Phi) is 3.85. The molecule has 0 fully saturated rings. The third-order valence-electron chi connectivity index (χ3n) is 3.19. The van der Waals surface area contributed by atoms with Gasteiger partial charge in [-0.3, -0.25) is 4.98 Å². The van der Waals surface area contributed by atoms with Gasteiger partial charge in [0, 0.05) is 23.2 Å². The lowest BCUT2D eigenvalue weighted by Gasteiger charge is -2.11. The van der Waals surface area contributed by atoms with Crippen LogP contribution in [0.4, 0.5) is 22.0 Å². The van der Waals surface area contributed by atoms with E-state index in [0.717, 1.165) is 6.07 Å². The van der Waals surface area contributed by atoms with Gasteiger partial charge in [-0.15, -0.1) is 0 Å². The molecular formula is C16H8F5NO. The van der Waals surface area contributed by atoms with Crippen LogP contribution in [0.2, 0.25) is 0 Å². The van der Waals surface area contributed by atoms with Crippen molar-refractivity contribution in [2.45, 2.75) is 6.61 Å². The fraction of sp³-hybridized carbons (Fsp3) is 0.0625. The summed E-state index contributed by atoms with van der Waals surface area (Å²) in [6.45, 7) is -0.512. The summed E-state index contributed by atoms with van der Waals surface area (Å²) < 4.78 is 71.7. The van der Waals surface area contributed by atoms with Crippen molar-refractivity contribution >= 4 is 10.9 Å². The minimum Gasteiger partial charge on any atom is -0.483 e. The van der Waals surface area contributed by atoms with Gasteiger partial charge in [0.2, 0.25) is 11.6 Å². The van der Waals surface area contributed by atoms with E-state index in [1.807, 2.05) is 0 Å². The molecule has 0 aliphatic rings. The number of ether oxygens (including phenoxy) is 1. The van der Waals surface area contributed by atoms with E-state index in [1.54, 1.807) is 12.1 Å². The van der Waals surface area contributed by atoms with E-state index < -0.39 is 41.4 Å².